The molecule has 0 saturated carbocycles. The van der Waals surface area contributed by atoms with Crippen LogP contribution in [0.2, 0.25) is 5.02 Å². The van der Waals surface area contributed by atoms with Crippen molar-refractivity contribution in [2.75, 3.05) is 5.32 Å². The van der Waals surface area contributed by atoms with Crippen LogP contribution < -0.4 is 5.32 Å². The summed E-state index contributed by atoms with van der Waals surface area (Å²) in [4.78, 5) is 10.8. The largest absolute Gasteiger partial charge is 0.365 e. The van der Waals surface area contributed by atoms with E-state index in [0.29, 0.717) is 29.0 Å². The Balaban J connectivity index is 1.76. The predicted octanol–water partition coefficient (Wildman–Crippen LogP) is 5.06. The quantitative estimate of drug-likeness (QED) is 0.541. The highest BCUT2D eigenvalue weighted by Crippen LogP contribution is 2.38. The van der Waals surface area contributed by atoms with Crippen LogP contribution in [0.15, 0.2) is 41.1 Å². The number of nitrogens with zero attached hydrogens (tertiary/aromatic N) is 3. The number of fused-ring (bicyclic) bond motifs is 1. The summed E-state index contributed by atoms with van der Waals surface area (Å²) in [6, 6.07) is 7.99. The molecule has 0 saturated heterocycles. The van der Waals surface area contributed by atoms with Crippen molar-refractivity contribution < 1.29 is 8.91 Å². The van der Waals surface area contributed by atoms with Crippen molar-refractivity contribution in [3.8, 4) is 11.6 Å². The van der Waals surface area contributed by atoms with Gasteiger partial charge in [-0.2, -0.15) is 0 Å². The topological polar surface area (TPSA) is 63.8 Å². The van der Waals surface area contributed by atoms with Gasteiger partial charge in [0.15, 0.2) is 0 Å². The molecule has 5 nitrogen and oxygen atoms in total. The minimum absolute atomic E-state index is 0.266. The Morgan fingerprint density at radius 2 is 2.00 bits per heavy atom. The molecule has 4 aromatic rings. The first-order chi connectivity index (χ1) is 12.1. The van der Waals surface area contributed by atoms with Crippen molar-refractivity contribution in [2.24, 2.45) is 0 Å². The molecule has 126 valence electrons. The molecule has 0 bridgehead atoms. The van der Waals surface area contributed by atoms with Gasteiger partial charge in [-0.3, -0.25) is 0 Å². The molecule has 8 heteroatoms. The monoisotopic (exact) mass is 374 g/mol. The van der Waals surface area contributed by atoms with E-state index in [1.807, 2.05) is 6.92 Å². The van der Waals surface area contributed by atoms with E-state index in [-0.39, 0.29) is 5.82 Å². The molecule has 0 spiro atoms. The van der Waals surface area contributed by atoms with Gasteiger partial charge in [-0.05, 0) is 24.6 Å². The zero-order valence-electron chi connectivity index (χ0n) is 13.1. The molecule has 4 rings (SSSR count). The van der Waals surface area contributed by atoms with E-state index in [1.54, 1.807) is 24.4 Å². The fourth-order valence-corrected chi connectivity index (χ4v) is 3.70. The van der Waals surface area contributed by atoms with Crippen molar-refractivity contribution >= 4 is 39.0 Å². The average Bonchev–Trinajstić information content (AvgIpc) is 3.23. The highest BCUT2D eigenvalue weighted by Gasteiger charge is 2.18. The standard InChI is InChI=1S/C17H12ClFN4OS/c1-9-14(18)13-16(20-8-10-2-4-11(19)5-3-10)22-15(23-17(13)25-9)12-6-7-21-24-12/h2-7H,8H2,1H3,(H,20,22,23). The van der Waals surface area contributed by atoms with E-state index < -0.39 is 0 Å². The molecule has 3 aromatic heterocycles. The Labute approximate surface area is 151 Å². The van der Waals surface area contributed by atoms with Crippen LogP contribution in [0.1, 0.15) is 10.4 Å². The first-order valence-corrected chi connectivity index (χ1v) is 8.67. The van der Waals surface area contributed by atoms with Crippen LogP contribution >= 0.6 is 22.9 Å². The summed E-state index contributed by atoms with van der Waals surface area (Å²) < 4.78 is 18.2. The number of aryl methyl sites for hydroxylation is 1. The zero-order chi connectivity index (χ0) is 17.4. The zero-order valence-corrected chi connectivity index (χ0v) is 14.7. The lowest BCUT2D eigenvalue weighted by molar-refractivity contribution is 0.430. The van der Waals surface area contributed by atoms with Crippen LogP contribution in [0.3, 0.4) is 0 Å². The van der Waals surface area contributed by atoms with Gasteiger partial charge >= 0.3 is 0 Å². The number of aromatic nitrogens is 3. The number of halogens is 2. The predicted molar refractivity (Wildman–Crippen MR) is 96.4 cm³/mol. The van der Waals surface area contributed by atoms with Gasteiger partial charge in [0.2, 0.25) is 11.6 Å². The normalized spacial score (nSPS) is 11.2. The minimum atomic E-state index is -0.266. The Morgan fingerprint density at radius 1 is 1.20 bits per heavy atom. The molecule has 0 fully saturated rings. The number of thiophene rings is 1. The number of anilines is 1. The maximum absolute atomic E-state index is 13.1. The SMILES string of the molecule is Cc1sc2nc(-c3ccno3)nc(NCc3ccc(F)cc3)c2c1Cl. The molecule has 0 aliphatic heterocycles. The first kappa shape index (κ1) is 16.0. The van der Waals surface area contributed by atoms with Crippen LogP contribution in [-0.2, 0) is 6.54 Å². The van der Waals surface area contributed by atoms with Crippen molar-refractivity contribution in [3.63, 3.8) is 0 Å². The third kappa shape index (κ3) is 3.08. The summed E-state index contributed by atoms with van der Waals surface area (Å²) in [5.74, 6) is 1.26. The maximum Gasteiger partial charge on any atom is 0.204 e. The molecule has 0 atom stereocenters. The molecular weight excluding hydrogens is 363 g/mol. The lowest BCUT2D eigenvalue weighted by atomic mass is 10.2. The van der Waals surface area contributed by atoms with E-state index >= 15 is 0 Å². The second kappa shape index (κ2) is 6.42. The van der Waals surface area contributed by atoms with Gasteiger partial charge in [0.05, 0.1) is 16.6 Å². The van der Waals surface area contributed by atoms with Crippen LogP contribution in [0.4, 0.5) is 10.2 Å². The van der Waals surface area contributed by atoms with E-state index in [9.17, 15) is 4.39 Å². The molecule has 1 N–H and O–H groups in total. The highest BCUT2D eigenvalue weighted by atomic mass is 35.5. The number of hydrogen-bond donors (Lipinski definition) is 1. The van der Waals surface area contributed by atoms with E-state index in [1.165, 1.54) is 23.5 Å². The fourth-order valence-electron chi connectivity index (χ4n) is 2.43. The Bertz CT molecular complexity index is 1030. The minimum Gasteiger partial charge on any atom is -0.365 e. The second-order valence-corrected chi connectivity index (χ2v) is 6.99. The van der Waals surface area contributed by atoms with Gasteiger partial charge in [0.25, 0.3) is 0 Å². The van der Waals surface area contributed by atoms with E-state index in [0.717, 1.165) is 20.7 Å². The van der Waals surface area contributed by atoms with E-state index in [2.05, 4.69) is 20.4 Å². The lowest BCUT2D eigenvalue weighted by Gasteiger charge is -2.08. The lowest BCUT2D eigenvalue weighted by Crippen LogP contribution is -2.03. The van der Waals surface area contributed by atoms with Crippen LogP contribution in [0, 0.1) is 12.7 Å². The molecule has 3 heterocycles. The van der Waals surface area contributed by atoms with Gasteiger partial charge in [-0.25, -0.2) is 14.4 Å². The highest BCUT2D eigenvalue weighted by molar-refractivity contribution is 7.19. The van der Waals surface area contributed by atoms with Gasteiger partial charge in [0, 0.05) is 17.5 Å². The third-order valence-electron chi connectivity index (χ3n) is 3.69. The summed E-state index contributed by atoms with van der Waals surface area (Å²) in [5, 5.41) is 8.37. The average molecular weight is 375 g/mol. The van der Waals surface area contributed by atoms with Crippen LogP contribution in [-0.4, -0.2) is 15.1 Å². The number of benzene rings is 1. The van der Waals surface area contributed by atoms with Gasteiger partial charge < -0.3 is 9.84 Å². The first-order valence-electron chi connectivity index (χ1n) is 7.48. The van der Waals surface area contributed by atoms with Gasteiger partial charge in [0.1, 0.15) is 16.5 Å². The van der Waals surface area contributed by atoms with Crippen molar-refractivity contribution in [2.45, 2.75) is 13.5 Å². The summed E-state index contributed by atoms with van der Waals surface area (Å²) in [5.41, 5.74) is 0.928. The molecule has 0 radical (unpaired) electrons. The number of nitrogens with one attached hydrogen (secondary N) is 1. The van der Waals surface area contributed by atoms with Crippen molar-refractivity contribution in [1.29, 1.82) is 0 Å². The Kier molecular flexibility index (Phi) is 4.10. The smallest absolute Gasteiger partial charge is 0.204 e. The summed E-state index contributed by atoms with van der Waals surface area (Å²) in [6.07, 6.45) is 1.54. The molecule has 0 amide bonds. The third-order valence-corrected chi connectivity index (χ3v) is 5.27. The molecule has 0 aliphatic carbocycles. The van der Waals surface area contributed by atoms with E-state index in [4.69, 9.17) is 16.1 Å². The van der Waals surface area contributed by atoms with Gasteiger partial charge in [-0.1, -0.05) is 28.9 Å². The Morgan fingerprint density at radius 3 is 2.72 bits per heavy atom. The molecule has 0 unspecified atom stereocenters. The van der Waals surface area contributed by atoms with Gasteiger partial charge in [-0.15, -0.1) is 11.3 Å². The second-order valence-electron chi connectivity index (χ2n) is 5.40. The van der Waals surface area contributed by atoms with Crippen molar-refractivity contribution in [3.05, 3.63) is 57.8 Å². The number of rotatable bonds is 4. The molecular formula is C17H12ClFN4OS. The van der Waals surface area contributed by atoms with Crippen LogP contribution in [0.25, 0.3) is 21.8 Å². The maximum atomic E-state index is 13.1. The summed E-state index contributed by atoms with van der Waals surface area (Å²) in [7, 11) is 0. The van der Waals surface area contributed by atoms with Crippen LogP contribution in [0.5, 0.6) is 0 Å². The number of hydrogen-bond acceptors (Lipinski definition) is 6. The Hall–Kier alpha value is -2.51. The molecule has 1 aromatic carbocycles. The summed E-state index contributed by atoms with van der Waals surface area (Å²) >= 11 is 7.92. The van der Waals surface area contributed by atoms with Crippen molar-refractivity contribution in [1.82, 2.24) is 15.1 Å². The molecule has 25 heavy (non-hydrogen) atoms. The summed E-state index contributed by atoms with van der Waals surface area (Å²) in [6.45, 7) is 2.42. The fraction of sp³-hybridized carbons (Fsp3) is 0.118. The molecule has 0 aliphatic rings.